The van der Waals surface area contributed by atoms with Gasteiger partial charge in [-0.25, -0.2) is 0 Å². The van der Waals surface area contributed by atoms with Crippen molar-refractivity contribution in [1.82, 2.24) is 4.90 Å². The van der Waals surface area contributed by atoms with E-state index in [2.05, 4.69) is 46.2 Å². The summed E-state index contributed by atoms with van der Waals surface area (Å²) in [5, 5.41) is 2.11. The lowest BCUT2D eigenvalue weighted by Gasteiger charge is -2.26. The Balaban J connectivity index is 2.57. The molecule has 1 aromatic rings. The van der Waals surface area contributed by atoms with Crippen LogP contribution in [0.25, 0.3) is 0 Å². The number of unbranched alkanes of at least 4 members (excludes halogenated alkanes) is 2. The van der Waals surface area contributed by atoms with E-state index in [1.807, 2.05) is 0 Å². The average molecular weight is 305 g/mol. The van der Waals surface area contributed by atoms with Crippen LogP contribution in [0, 0.1) is 0 Å². The first-order chi connectivity index (χ1) is 7.70. The van der Waals surface area contributed by atoms with Crippen LogP contribution in [0.3, 0.4) is 0 Å². The number of likely N-dealkylation sites (N-methyl/N-ethyl adjacent to an activating group) is 1. The maximum absolute atomic E-state index is 5.88. The second-order valence-electron chi connectivity index (χ2n) is 4.07. The van der Waals surface area contributed by atoms with E-state index in [9.17, 15) is 0 Å². The minimum Gasteiger partial charge on any atom is -0.329 e. The fraction of sp³-hybridized carbons (Fsp3) is 0.667. The standard InChI is InChI=1S/C12H21BrN2S/c1-3-4-5-7-15(2)11(9-14)12-10(13)6-8-16-12/h6,8,11H,3-5,7,9,14H2,1-2H3. The summed E-state index contributed by atoms with van der Waals surface area (Å²) in [6.45, 7) is 4.04. The van der Waals surface area contributed by atoms with Crippen molar-refractivity contribution in [2.75, 3.05) is 20.1 Å². The van der Waals surface area contributed by atoms with Crippen LogP contribution in [0.15, 0.2) is 15.9 Å². The molecule has 0 aliphatic rings. The Bertz CT molecular complexity index is 301. The number of nitrogens with zero attached hydrogens (tertiary/aromatic N) is 1. The number of hydrogen-bond donors (Lipinski definition) is 1. The van der Waals surface area contributed by atoms with Gasteiger partial charge in [0.15, 0.2) is 0 Å². The van der Waals surface area contributed by atoms with E-state index >= 15 is 0 Å². The molecule has 1 unspecified atom stereocenters. The second-order valence-corrected chi connectivity index (χ2v) is 5.87. The van der Waals surface area contributed by atoms with Gasteiger partial charge in [0.2, 0.25) is 0 Å². The van der Waals surface area contributed by atoms with Gasteiger partial charge in [0.05, 0.1) is 6.04 Å². The molecule has 0 bridgehead atoms. The molecule has 0 aliphatic heterocycles. The number of hydrogen-bond acceptors (Lipinski definition) is 3. The maximum atomic E-state index is 5.88. The summed E-state index contributed by atoms with van der Waals surface area (Å²) in [7, 11) is 2.17. The average Bonchev–Trinajstić information content (AvgIpc) is 2.67. The minimum absolute atomic E-state index is 0.353. The quantitative estimate of drug-likeness (QED) is 0.779. The molecule has 0 spiro atoms. The van der Waals surface area contributed by atoms with E-state index in [-0.39, 0.29) is 0 Å². The third-order valence-corrected chi connectivity index (χ3v) is 4.79. The number of halogens is 1. The van der Waals surface area contributed by atoms with Crippen LogP contribution in [0.5, 0.6) is 0 Å². The molecule has 1 aromatic heterocycles. The van der Waals surface area contributed by atoms with Crippen molar-refractivity contribution in [2.45, 2.75) is 32.2 Å². The van der Waals surface area contributed by atoms with E-state index in [0.717, 1.165) is 6.54 Å². The van der Waals surface area contributed by atoms with E-state index in [1.165, 1.54) is 28.6 Å². The maximum Gasteiger partial charge on any atom is 0.0573 e. The Morgan fingerprint density at radius 3 is 2.75 bits per heavy atom. The second kappa shape index (κ2) is 7.43. The van der Waals surface area contributed by atoms with E-state index in [0.29, 0.717) is 12.6 Å². The summed E-state index contributed by atoms with van der Waals surface area (Å²) in [5.74, 6) is 0. The molecule has 0 aliphatic carbocycles. The van der Waals surface area contributed by atoms with Crippen LogP contribution in [0.4, 0.5) is 0 Å². The number of nitrogens with two attached hydrogens (primary N) is 1. The highest BCUT2D eigenvalue weighted by molar-refractivity contribution is 9.10. The molecule has 0 amide bonds. The van der Waals surface area contributed by atoms with Gasteiger partial charge < -0.3 is 5.73 Å². The van der Waals surface area contributed by atoms with E-state index in [1.54, 1.807) is 11.3 Å². The van der Waals surface area contributed by atoms with Crippen molar-refractivity contribution in [3.8, 4) is 0 Å². The molecule has 1 atom stereocenters. The number of thiophene rings is 1. The predicted molar refractivity (Wildman–Crippen MR) is 76.0 cm³/mol. The largest absolute Gasteiger partial charge is 0.329 e. The van der Waals surface area contributed by atoms with Crippen LogP contribution < -0.4 is 5.73 Å². The lowest BCUT2D eigenvalue weighted by Crippen LogP contribution is -2.31. The van der Waals surface area contributed by atoms with Gasteiger partial charge in [-0.1, -0.05) is 19.8 Å². The fourth-order valence-corrected chi connectivity index (χ4v) is 3.61. The van der Waals surface area contributed by atoms with Crippen molar-refractivity contribution in [2.24, 2.45) is 5.73 Å². The first kappa shape index (κ1) is 14.2. The molecule has 16 heavy (non-hydrogen) atoms. The van der Waals surface area contributed by atoms with Gasteiger partial charge in [0.25, 0.3) is 0 Å². The molecule has 2 nitrogen and oxygen atoms in total. The summed E-state index contributed by atoms with van der Waals surface area (Å²) in [6, 6.07) is 2.45. The summed E-state index contributed by atoms with van der Waals surface area (Å²) < 4.78 is 1.19. The molecular weight excluding hydrogens is 284 g/mol. The summed E-state index contributed by atoms with van der Waals surface area (Å²) in [4.78, 5) is 3.72. The van der Waals surface area contributed by atoms with Crippen molar-refractivity contribution in [3.05, 3.63) is 20.8 Å². The molecule has 0 aromatic carbocycles. The lowest BCUT2D eigenvalue weighted by molar-refractivity contribution is 0.247. The molecule has 0 saturated heterocycles. The Kier molecular flexibility index (Phi) is 6.58. The smallest absolute Gasteiger partial charge is 0.0573 e. The summed E-state index contributed by atoms with van der Waals surface area (Å²) >= 11 is 5.37. The van der Waals surface area contributed by atoms with Crippen molar-refractivity contribution in [1.29, 1.82) is 0 Å². The third kappa shape index (κ3) is 3.84. The zero-order chi connectivity index (χ0) is 12.0. The lowest BCUT2D eigenvalue weighted by atomic mass is 10.2. The van der Waals surface area contributed by atoms with Crippen LogP contribution in [-0.2, 0) is 0 Å². The van der Waals surface area contributed by atoms with Gasteiger partial charge in [-0.3, -0.25) is 4.90 Å². The third-order valence-electron chi connectivity index (χ3n) is 2.82. The first-order valence-electron chi connectivity index (χ1n) is 5.83. The molecular formula is C12H21BrN2S. The summed E-state index contributed by atoms with van der Waals surface area (Å²) in [6.07, 6.45) is 3.82. The molecule has 0 fully saturated rings. The minimum atomic E-state index is 0.353. The Hall–Kier alpha value is 0.100. The molecule has 1 rings (SSSR count). The Labute approximate surface area is 111 Å². The van der Waals surface area contributed by atoms with E-state index < -0.39 is 0 Å². The van der Waals surface area contributed by atoms with Gasteiger partial charge >= 0.3 is 0 Å². The summed E-state index contributed by atoms with van der Waals surface area (Å²) in [5.41, 5.74) is 5.88. The monoisotopic (exact) mass is 304 g/mol. The van der Waals surface area contributed by atoms with Crippen molar-refractivity contribution < 1.29 is 0 Å². The SMILES string of the molecule is CCCCCN(C)C(CN)c1sccc1Br. The Morgan fingerprint density at radius 1 is 1.50 bits per heavy atom. The highest BCUT2D eigenvalue weighted by atomic mass is 79.9. The molecule has 2 N–H and O–H groups in total. The van der Waals surface area contributed by atoms with Crippen LogP contribution in [0.2, 0.25) is 0 Å². The fourth-order valence-electron chi connectivity index (χ4n) is 1.80. The van der Waals surface area contributed by atoms with Crippen LogP contribution in [-0.4, -0.2) is 25.0 Å². The van der Waals surface area contributed by atoms with Crippen LogP contribution >= 0.6 is 27.3 Å². The highest BCUT2D eigenvalue weighted by Crippen LogP contribution is 2.31. The van der Waals surface area contributed by atoms with Crippen molar-refractivity contribution in [3.63, 3.8) is 0 Å². The number of rotatable bonds is 7. The zero-order valence-corrected chi connectivity index (χ0v) is 12.5. The predicted octanol–water partition coefficient (Wildman–Crippen LogP) is 3.63. The molecule has 92 valence electrons. The van der Waals surface area contributed by atoms with Gasteiger partial charge in [-0.2, -0.15) is 0 Å². The van der Waals surface area contributed by atoms with Gasteiger partial charge in [-0.15, -0.1) is 11.3 Å². The highest BCUT2D eigenvalue weighted by Gasteiger charge is 2.18. The Morgan fingerprint density at radius 2 is 2.25 bits per heavy atom. The first-order valence-corrected chi connectivity index (χ1v) is 7.51. The van der Waals surface area contributed by atoms with Crippen LogP contribution in [0.1, 0.15) is 37.1 Å². The molecule has 1 heterocycles. The van der Waals surface area contributed by atoms with Crippen molar-refractivity contribution >= 4 is 27.3 Å². The van der Waals surface area contributed by atoms with Gasteiger partial charge in [0.1, 0.15) is 0 Å². The normalized spacial score (nSPS) is 13.3. The molecule has 0 saturated carbocycles. The molecule has 0 radical (unpaired) electrons. The zero-order valence-electron chi connectivity index (χ0n) is 10.1. The van der Waals surface area contributed by atoms with E-state index in [4.69, 9.17) is 5.73 Å². The topological polar surface area (TPSA) is 29.3 Å². The molecule has 4 heteroatoms. The van der Waals surface area contributed by atoms with Gasteiger partial charge in [-0.05, 0) is 47.4 Å². The van der Waals surface area contributed by atoms with Gasteiger partial charge in [0, 0.05) is 15.9 Å².